The van der Waals surface area contributed by atoms with E-state index >= 15 is 0 Å². The van der Waals surface area contributed by atoms with Gasteiger partial charge in [-0.3, -0.25) is 0 Å². The first kappa shape index (κ1) is 17.1. The Morgan fingerprint density at radius 3 is 2.64 bits per heavy atom. The van der Waals surface area contributed by atoms with Gasteiger partial charge in [0.05, 0.1) is 11.7 Å². The fraction of sp³-hybridized carbons (Fsp3) is 0.450. The lowest BCUT2D eigenvalue weighted by atomic mass is 9.76. The largest absolute Gasteiger partial charge is 0.319 e. The Bertz CT molecular complexity index is 737. The molecule has 1 aliphatic carbocycles. The van der Waals surface area contributed by atoms with Crippen LogP contribution < -0.4 is 10.9 Å². The van der Waals surface area contributed by atoms with Crippen LogP contribution in [0.3, 0.4) is 0 Å². The maximum atomic E-state index is 8.78. The number of thioether (sulfide) groups is 2. The number of hydrazine groups is 1. The second-order valence-corrected chi connectivity index (χ2v) is 8.79. The topological polar surface area (TPSA) is 47.9 Å². The summed E-state index contributed by atoms with van der Waals surface area (Å²) in [6.45, 7) is 2.33. The van der Waals surface area contributed by atoms with Gasteiger partial charge in [0, 0.05) is 9.80 Å². The lowest BCUT2D eigenvalue weighted by Gasteiger charge is -2.30. The van der Waals surface area contributed by atoms with E-state index in [0.29, 0.717) is 6.04 Å². The van der Waals surface area contributed by atoms with E-state index in [1.165, 1.54) is 60.0 Å². The molecule has 0 spiro atoms. The molecule has 1 atom stereocenters. The van der Waals surface area contributed by atoms with Gasteiger partial charge < -0.3 is 5.43 Å². The number of fused-ring (bicyclic) bond motifs is 1. The molecule has 2 N–H and O–H groups in total. The molecular weight excluding hydrogens is 346 g/mol. The molecule has 1 fully saturated rings. The number of nitrogens with zero attached hydrogens (tertiary/aromatic N) is 1. The van der Waals surface area contributed by atoms with Gasteiger partial charge in [-0.15, -0.1) is 0 Å². The van der Waals surface area contributed by atoms with E-state index in [1.54, 1.807) is 5.57 Å². The fourth-order valence-electron chi connectivity index (χ4n) is 4.17. The van der Waals surface area contributed by atoms with Crippen LogP contribution in [-0.2, 0) is 0 Å². The number of benzene rings is 1. The van der Waals surface area contributed by atoms with Gasteiger partial charge in [-0.05, 0) is 78.0 Å². The second kappa shape index (κ2) is 7.49. The molecule has 1 saturated carbocycles. The van der Waals surface area contributed by atoms with Gasteiger partial charge in [-0.25, -0.2) is 5.43 Å². The van der Waals surface area contributed by atoms with Gasteiger partial charge in [0.1, 0.15) is 5.40 Å². The average Bonchev–Trinajstić information content (AvgIpc) is 3.25. The molecule has 5 heteroatoms. The molecule has 2 heterocycles. The Hall–Kier alpha value is -1.35. The minimum atomic E-state index is 0.344. The third kappa shape index (κ3) is 3.36. The number of hydrogen-bond donors (Lipinski definition) is 2. The summed E-state index contributed by atoms with van der Waals surface area (Å²) in [7, 11) is 0. The first-order valence-corrected chi connectivity index (χ1v) is 10.8. The molecular formula is C20H23N3S2. The predicted octanol–water partition coefficient (Wildman–Crippen LogP) is 5.25. The summed E-state index contributed by atoms with van der Waals surface area (Å²) in [5.74, 6) is 1.68. The predicted molar refractivity (Wildman–Crippen MR) is 106 cm³/mol. The molecule has 3 aliphatic rings. The minimum Gasteiger partial charge on any atom is -0.319 e. The lowest BCUT2D eigenvalue weighted by molar-refractivity contribution is 0.288. The average molecular weight is 370 g/mol. The maximum Gasteiger partial charge on any atom is 0.138 e. The zero-order chi connectivity index (χ0) is 17.2. The van der Waals surface area contributed by atoms with Crippen LogP contribution in [0.2, 0.25) is 0 Å². The molecule has 0 bridgehead atoms. The van der Waals surface area contributed by atoms with Crippen LogP contribution in [-0.4, -0.2) is 6.04 Å². The Balaban J connectivity index is 1.49. The summed E-state index contributed by atoms with van der Waals surface area (Å²) in [4.78, 5) is 2.39. The third-order valence-corrected chi connectivity index (χ3v) is 7.39. The Labute approximate surface area is 158 Å². The molecule has 1 aromatic carbocycles. The monoisotopic (exact) mass is 369 g/mol. The summed E-state index contributed by atoms with van der Waals surface area (Å²) in [5, 5.41) is 13.3. The van der Waals surface area contributed by atoms with E-state index in [2.05, 4.69) is 40.7 Å². The van der Waals surface area contributed by atoms with Crippen LogP contribution >= 0.6 is 23.5 Å². The molecule has 0 radical (unpaired) electrons. The van der Waals surface area contributed by atoms with Crippen molar-refractivity contribution in [2.75, 3.05) is 0 Å². The summed E-state index contributed by atoms with van der Waals surface area (Å²) in [6, 6.07) is 8.59. The number of thiocyanates is 1. The zero-order valence-electron chi connectivity index (χ0n) is 14.4. The van der Waals surface area contributed by atoms with E-state index < -0.39 is 0 Å². The van der Waals surface area contributed by atoms with Gasteiger partial charge in [0.15, 0.2) is 0 Å². The van der Waals surface area contributed by atoms with Crippen molar-refractivity contribution >= 4 is 29.2 Å². The Morgan fingerprint density at radius 2 is 1.96 bits per heavy atom. The number of nitriles is 1. The molecule has 0 aromatic heterocycles. The molecule has 4 rings (SSSR count). The van der Waals surface area contributed by atoms with Crippen LogP contribution in [0.25, 0.3) is 5.70 Å². The SMILES string of the molecule is CCC1CCC(C2=CSC3=C(c4ccc(SC#N)cc4)NNC23)CC1. The summed E-state index contributed by atoms with van der Waals surface area (Å²) in [6.07, 6.45) is 6.77. The molecule has 130 valence electrons. The van der Waals surface area contributed by atoms with Crippen molar-refractivity contribution in [2.45, 2.75) is 50.0 Å². The molecule has 1 unspecified atom stereocenters. The van der Waals surface area contributed by atoms with Crippen molar-refractivity contribution in [1.29, 1.82) is 5.26 Å². The normalized spacial score (nSPS) is 28.3. The molecule has 25 heavy (non-hydrogen) atoms. The van der Waals surface area contributed by atoms with Gasteiger partial charge in [0.2, 0.25) is 0 Å². The Kier molecular flexibility index (Phi) is 5.12. The maximum absolute atomic E-state index is 8.78. The van der Waals surface area contributed by atoms with Crippen LogP contribution in [0.15, 0.2) is 45.0 Å². The smallest absolute Gasteiger partial charge is 0.138 e. The van der Waals surface area contributed by atoms with E-state index in [1.807, 2.05) is 23.9 Å². The van der Waals surface area contributed by atoms with E-state index in [0.717, 1.165) is 16.7 Å². The van der Waals surface area contributed by atoms with Crippen molar-refractivity contribution in [3.63, 3.8) is 0 Å². The fourth-order valence-corrected chi connectivity index (χ4v) is 5.76. The van der Waals surface area contributed by atoms with E-state index in [-0.39, 0.29) is 0 Å². The first-order chi connectivity index (χ1) is 12.3. The van der Waals surface area contributed by atoms with Crippen LogP contribution in [0, 0.1) is 22.5 Å². The second-order valence-electron chi connectivity index (χ2n) is 7.02. The standard InChI is InChI=1S/C20H23N3S2/c1-2-13-3-5-14(6-4-13)17-11-24-20-18(22-23-19(17)20)15-7-9-16(10-8-15)25-12-21/h7-11,13-14,19,22-23H,2-6H2,1H3. The summed E-state index contributed by atoms with van der Waals surface area (Å²) >= 11 is 3.08. The van der Waals surface area contributed by atoms with Crippen LogP contribution in [0.5, 0.6) is 0 Å². The van der Waals surface area contributed by atoms with Crippen molar-refractivity contribution in [1.82, 2.24) is 10.9 Å². The van der Waals surface area contributed by atoms with Crippen LogP contribution in [0.1, 0.15) is 44.6 Å². The zero-order valence-corrected chi connectivity index (χ0v) is 16.1. The Morgan fingerprint density at radius 1 is 1.20 bits per heavy atom. The number of nitrogens with one attached hydrogen (secondary N) is 2. The van der Waals surface area contributed by atoms with Crippen LogP contribution in [0.4, 0.5) is 0 Å². The highest BCUT2D eigenvalue weighted by atomic mass is 32.2. The quantitative estimate of drug-likeness (QED) is 0.560. The van der Waals surface area contributed by atoms with Gasteiger partial charge in [-0.2, -0.15) is 5.26 Å². The highest BCUT2D eigenvalue weighted by Gasteiger charge is 2.37. The first-order valence-electron chi connectivity index (χ1n) is 9.08. The van der Waals surface area contributed by atoms with Crippen molar-refractivity contribution in [3.8, 4) is 5.40 Å². The van der Waals surface area contributed by atoms with Gasteiger partial charge in [0.25, 0.3) is 0 Å². The number of rotatable bonds is 4. The van der Waals surface area contributed by atoms with Gasteiger partial charge >= 0.3 is 0 Å². The summed E-state index contributed by atoms with van der Waals surface area (Å²) < 4.78 is 0. The third-order valence-electron chi connectivity index (χ3n) is 5.71. The van der Waals surface area contributed by atoms with Crippen molar-refractivity contribution in [3.05, 3.63) is 45.7 Å². The van der Waals surface area contributed by atoms with E-state index in [9.17, 15) is 0 Å². The van der Waals surface area contributed by atoms with Crippen molar-refractivity contribution in [2.24, 2.45) is 11.8 Å². The molecule has 1 aromatic rings. The lowest BCUT2D eigenvalue weighted by Crippen LogP contribution is -2.35. The minimum absolute atomic E-state index is 0.344. The summed E-state index contributed by atoms with van der Waals surface area (Å²) in [5.41, 5.74) is 10.9. The van der Waals surface area contributed by atoms with Gasteiger partial charge in [-0.1, -0.05) is 37.2 Å². The molecule has 3 nitrogen and oxygen atoms in total. The highest BCUT2D eigenvalue weighted by molar-refractivity contribution is 8.06. The highest BCUT2D eigenvalue weighted by Crippen LogP contribution is 2.47. The molecule has 0 saturated heterocycles. The van der Waals surface area contributed by atoms with E-state index in [4.69, 9.17) is 5.26 Å². The molecule has 2 aliphatic heterocycles. The number of hydrogen-bond acceptors (Lipinski definition) is 5. The molecule has 0 amide bonds. The van der Waals surface area contributed by atoms with Crippen molar-refractivity contribution < 1.29 is 0 Å².